The van der Waals surface area contributed by atoms with Crippen LogP contribution in [0.25, 0.3) is 0 Å². The van der Waals surface area contributed by atoms with Crippen LogP contribution in [0.2, 0.25) is 0 Å². The highest BCUT2D eigenvalue weighted by atomic mass is 16.2. The summed E-state index contributed by atoms with van der Waals surface area (Å²) in [6.07, 6.45) is 7.32. The number of nitrogens with zero attached hydrogens (tertiary/aromatic N) is 1. The number of para-hydroxylation sites is 1. The SMILES string of the molecule is O=C(CC1CC2CCC1C2)N1CCc2ccccc21. The highest BCUT2D eigenvalue weighted by molar-refractivity contribution is 5.95. The van der Waals surface area contributed by atoms with Gasteiger partial charge in [0, 0.05) is 18.7 Å². The minimum Gasteiger partial charge on any atom is -0.312 e. The zero-order chi connectivity index (χ0) is 12.8. The molecule has 3 atom stereocenters. The van der Waals surface area contributed by atoms with E-state index >= 15 is 0 Å². The van der Waals surface area contributed by atoms with Gasteiger partial charge in [0.1, 0.15) is 0 Å². The van der Waals surface area contributed by atoms with Crippen molar-refractivity contribution in [1.29, 1.82) is 0 Å². The molecule has 1 aromatic rings. The van der Waals surface area contributed by atoms with Crippen LogP contribution in [0, 0.1) is 17.8 Å². The van der Waals surface area contributed by atoms with Crippen molar-refractivity contribution in [1.82, 2.24) is 0 Å². The number of fused-ring (bicyclic) bond motifs is 3. The van der Waals surface area contributed by atoms with Gasteiger partial charge in [-0.05, 0) is 55.1 Å². The maximum atomic E-state index is 12.6. The average molecular weight is 255 g/mol. The molecular weight excluding hydrogens is 234 g/mol. The van der Waals surface area contributed by atoms with Crippen LogP contribution in [-0.4, -0.2) is 12.5 Å². The summed E-state index contributed by atoms with van der Waals surface area (Å²) in [5, 5.41) is 0. The Balaban J connectivity index is 1.47. The molecule has 1 amide bonds. The van der Waals surface area contributed by atoms with Crippen LogP contribution < -0.4 is 4.90 Å². The van der Waals surface area contributed by atoms with E-state index in [4.69, 9.17) is 0 Å². The van der Waals surface area contributed by atoms with Gasteiger partial charge in [-0.2, -0.15) is 0 Å². The molecule has 3 aliphatic rings. The Morgan fingerprint density at radius 2 is 2.11 bits per heavy atom. The van der Waals surface area contributed by atoms with Crippen LogP contribution >= 0.6 is 0 Å². The highest BCUT2D eigenvalue weighted by Gasteiger charge is 2.41. The first-order valence-electron chi connectivity index (χ1n) is 7.69. The lowest BCUT2D eigenvalue weighted by Crippen LogP contribution is -2.31. The average Bonchev–Trinajstić information content (AvgIpc) is 3.13. The van der Waals surface area contributed by atoms with Gasteiger partial charge >= 0.3 is 0 Å². The zero-order valence-corrected chi connectivity index (χ0v) is 11.3. The monoisotopic (exact) mass is 255 g/mol. The Bertz CT molecular complexity index is 510. The van der Waals surface area contributed by atoms with Gasteiger partial charge in [-0.15, -0.1) is 0 Å². The van der Waals surface area contributed by atoms with Gasteiger partial charge in [0.25, 0.3) is 0 Å². The van der Waals surface area contributed by atoms with Gasteiger partial charge < -0.3 is 4.90 Å². The summed E-state index contributed by atoms with van der Waals surface area (Å²) in [4.78, 5) is 14.6. The summed E-state index contributed by atoms with van der Waals surface area (Å²) in [5.41, 5.74) is 2.50. The zero-order valence-electron chi connectivity index (χ0n) is 11.3. The summed E-state index contributed by atoms with van der Waals surface area (Å²) in [6, 6.07) is 8.37. The van der Waals surface area contributed by atoms with Gasteiger partial charge in [-0.1, -0.05) is 24.6 Å². The maximum absolute atomic E-state index is 12.6. The minimum absolute atomic E-state index is 0.363. The van der Waals surface area contributed by atoms with Gasteiger partial charge in [-0.3, -0.25) is 4.79 Å². The maximum Gasteiger partial charge on any atom is 0.227 e. The Kier molecular flexibility index (Phi) is 2.64. The van der Waals surface area contributed by atoms with Crippen molar-refractivity contribution in [2.45, 2.75) is 38.5 Å². The number of hydrogen-bond acceptors (Lipinski definition) is 1. The normalized spacial score (nSPS) is 31.8. The molecule has 0 radical (unpaired) electrons. The van der Waals surface area contributed by atoms with Crippen molar-refractivity contribution in [2.24, 2.45) is 17.8 Å². The summed E-state index contributed by atoms with van der Waals surface area (Å²) in [6.45, 7) is 0.888. The molecule has 0 spiro atoms. The summed E-state index contributed by atoms with van der Waals surface area (Å²) in [5.74, 6) is 2.84. The Labute approximate surface area is 114 Å². The first-order valence-corrected chi connectivity index (χ1v) is 7.69. The van der Waals surface area contributed by atoms with E-state index in [0.717, 1.165) is 36.9 Å². The molecule has 0 saturated heterocycles. The molecular formula is C17H21NO. The third-order valence-electron chi connectivity index (χ3n) is 5.51. The Morgan fingerprint density at radius 3 is 2.89 bits per heavy atom. The van der Waals surface area contributed by atoms with Crippen LogP contribution in [0.3, 0.4) is 0 Å². The van der Waals surface area contributed by atoms with Gasteiger partial charge in [-0.25, -0.2) is 0 Å². The first-order chi connectivity index (χ1) is 9.31. The molecule has 100 valence electrons. The second-order valence-electron chi connectivity index (χ2n) is 6.56. The minimum atomic E-state index is 0.363. The number of amides is 1. The van der Waals surface area contributed by atoms with Crippen molar-refractivity contribution < 1.29 is 4.79 Å². The van der Waals surface area contributed by atoms with E-state index in [2.05, 4.69) is 18.2 Å². The van der Waals surface area contributed by atoms with Crippen molar-refractivity contribution in [2.75, 3.05) is 11.4 Å². The number of rotatable bonds is 2. The molecule has 0 N–H and O–H groups in total. The fourth-order valence-corrected chi connectivity index (χ4v) is 4.56. The number of carbonyl (C=O) groups excluding carboxylic acids is 1. The Morgan fingerprint density at radius 1 is 1.21 bits per heavy atom. The lowest BCUT2D eigenvalue weighted by atomic mass is 9.86. The molecule has 2 heteroatoms. The molecule has 3 unspecified atom stereocenters. The summed E-state index contributed by atoms with van der Waals surface area (Å²) < 4.78 is 0. The fourth-order valence-electron chi connectivity index (χ4n) is 4.56. The van der Waals surface area contributed by atoms with E-state index in [9.17, 15) is 4.79 Å². The molecule has 1 aromatic carbocycles. The Hall–Kier alpha value is -1.31. The second-order valence-corrected chi connectivity index (χ2v) is 6.56. The molecule has 2 nitrogen and oxygen atoms in total. The molecule has 19 heavy (non-hydrogen) atoms. The molecule has 4 rings (SSSR count). The smallest absolute Gasteiger partial charge is 0.227 e. The third-order valence-corrected chi connectivity index (χ3v) is 5.51. The predicted octanol–water partition coefficient (Wildman–Crippen LogP) is 3.40. The fraction of sp³-hybridized carbons (Fsp3) is 0.588. The third kappa shape index (κ3) is 1.89. The lowest BCUT2D eigenvalue weighted by Gasteiger charge is -2.24. The van der Waals surface area contributed by atoms with Gasteiger partial charge in [0.15, 0.2) is 0 Å². The number of anilines is 1. The molecule has 1 heterocycles. The van der Waals surface area contributed by atoms with Gasteiger partial charge in [0.05, 0.1) is 0 Å². The molecule has 1 aliphatic heterocycles. The van der Waals surface area contributed by atoms with Crippen LogP contribution in [0.15, 0.2) is 24.3 Å². The van der Waals surface area contributed by atoms with E-state index < -0.39 is 0 Å². The number of hydrogen-bond donors (Lipinski definition) is 0. The largest absolute Gasteiger partial charge is 0.312 e. The molecule has 2 saturated carbocycles. The van der Waals surface area contributed by atoms with Crippen LogP contribution in [0.5, 0.6) is 0 Å². The van der Waals surface area contributed by atoms with E-state index in [1.54, 1.807) is 0 Å². The number of benzene rings is 1. The van der Waals surface area contributed by atoms with E-state index in [1.165, 1.54) is 31.2 Å². The summed E-state index contributed by atoms with van der Waals surface area (Å²) in [7, 11) is 0. The standard InChI is InChI=1S/C17H21NO/c19-17(11-15-10-12-5-6-14(15)9-12)18-8-7-13-3-1-2-4-16(13)18/h1-4,12,14-15H,5-11H2. The van der Waals surface area contributed by atoms with Crippen molar-refractivity contribution in [3.05, 3.63) is 29.8 Å². The highest BCUT2D eigenvalue weighted by Crippen LogP contribution is 2.49. The van der Waals surface area contributed by atoms with Crippen molar-refractivity contribution in [3.63, 3.8) is 0 Å². The van der Waals surface area contributed by atoms with E-state index in [-0.39, 0.29) is 0 Å². The van der Waals surface area contributed by atoms with E-state index in [1.807, 2.05) is 11.0 Å². The van der Waals surface area contributed by atoms with Crippen LogP contribution in [0.1, 0.15) is 37.7 Å². The quantitative estimate of drug-likeness (QED) is 0.793. The molecule has 0 aromatic heterocycles. The predicted molar refractivity (Wildman–Crippen MR) is 76.1 cm³/mol. The second kappa shape index (κ2) is 4.36. The molecule has 2 bridgehead atoms. The van der Waals surface area contributed by atoms with Crippen LogP contribution in [-0.2, 0) is 11.2 Å². The van der Waals surface area contributed by atoms with Crippen molar-refractivity contribution >= 4 is 11.6 Å². The summed E-state index contributed by atoms with van der Waals surface area (Å²) >= 11 is 0. The van der Waals surface area contributed by atoms with Crippen molar-refractivity contribution in [3.8, 4) is 0 Å². The van der Waals surface area contributed by atoms with Crippen LogP contribution in [0.4, 0.5) is 5.69 Å². The van der Waals surface area contributed by atoms with E-state index in [0.29, 0.717) is 11.8 Å². The number of carbonyl (C=O) groups is 1. The molecule has 2 aliphatic carbocycles. The topological polar surface area (TPSA) is 20.3 Å². The molecule has 2 fully saturated rings. The first kappa shape index (κ1) is 11.5. The van der Waals surface area contributed by atoms with Gasteiger partial charge in [0.2, 0.25) is 5.91 Å². The lowest BCUT2D eigenvalue weighted by molar-refractivity contribution is -0.119.